The maximum Gasteiger partial charge on any atom is 0.313 e. The number of hydrogen-bond donors (Lipinski definition) is 2. The SMILES string of the molecule is B.CCOC(=O)C(C)c1ccc(C#CC2(O)CN3CCC2CC3)c(CO)c1. The lowest BCUT2D eigenvalue weighted by Gasteiger charge is -2.47. The third kappa shape index (κ3) is 4.55. The molecule has 146 valence electrons. The summed E-state index contributed by atoms with van der Waals surface area (Å²) >= 11 is 0. The molecule has 3 heterocycles. The number of esters is 1. The molecule has 1 aromatic carbocycles. The predicted octanol–water partition coefficient (Wildman–Crippen LogP) is 0.470. The van der Waals surface area contributed by atoms with E-state index in [0.29, 0.717) is 24.3 Å². The van der Waals surface area contributed by atoms with Crippen LogP contribution in [0, 0.1) is 17.8 Å². The highest BCUT2D eigenvalue weighted by atomic mass is 16.5. The quantitative estimate of drug-likeness (QED) is 0.458. The van der Waals surface area contributed by atoms with Gasteiger partial charge in [-0.2, -0.15) is 0 Å². The van der Waals surface area contributed by atoms with Gasteiger partial charge in [-0.15, -0.1) is 0 Å². The molecule has 3 aliphatic rings. The number of carbonyl (C=O) groups excluding carboxylic acids is 1. The molecule has 6 heteroatoms. The number of hydrogen-bond acceptors (Lipinski definition) is 5. The number of carbonyl (C=O) groups is 1. The van der Waals surface area contributed by atoms with E-state index in [0.717, 1.165) is 31.5 Å². The molecule has 2 atom stereocenters. The lowest BCUT2D eigenvalue weighted by atomic mass is 9.75. The minimum Gasteiger partial charge on any atom is -0.466 e. The van der Waals surface area contributed by atoms with E-state index >= 15 is 0 Å². The smallest absolute Gasteiger partial charge is 0.313 e. The topological polar surface area (TPSA) is 70.0 Å². The minimum atomic E-state index is -0.972. The Morgan fingerprint density at radius 1 is 1.41 bits per heavy atom. The summed E-state index contributed by atoms with van der Waals surface area (Å²) in [5.41, 5.74) is 1.17. The second-order valence-corrected chi connectivity index (χ2v) is 7.27. The molecule has 0 amide bonds. The van der Waals surface area contributed by atoms with Crippen LogP contribution < -0.4 is 0 Å². The monoisotopic (exact) mass is 371 g/mol. The van der Waals surface area contributed by atoms with Crippen molar-refractivity contribution in [2.75, 3.05) is 26.2 Å². The van der Waals surface area contributed by atoms with Gasteiger partial charge in [-0.3, -0.25) is 9.69 Å². The van der Waals surface area contributed by atoms with Crippen LogP contribution in [0.5, 0.6) is 0 Å². The first-order valence-electron chi connectivity index (χ1n) is 9.35. The molecule has 0 radical (unpaired) electrons. The lowest BCUT2D eigenvalue weighted by Crippen LogP contribution is -2.58. The first-order valence-corrected chi connectivity index (χ1v) is 9.35. The van der Waals surface area contributed by atoms with Crippen LogP contribution in [0.4, 0.5) is 0 Å². The van der Waals surface area contributed by atoms with Gasteiger partial charge in [0.05, 0.1) is 27.5 Å². The highest BCUT2D eigenvalue weighted by Crippen LogP contribution is 2.35. The summed E-state index contributed by atoms with van der Waals surface area (Å²) in [6.07, 6.45) is 1.96. The van der Waals surface area contributed by atoms with E-state index in [1.54, 1.807) is 19.9 Å². The Bertz CT molecular complexity index is 733. The molecule has 4 rings (SSSR count). The Labute approximate surface area is 163 Å². The van der Waals surface area contributed by atoms with Gasteiger partial charge in [0.15, 0.2) is 0 Å². The molecule has 0 aromatic heterocycles. The Hall–Kier alpha value is -1.81. The van der Waals surface area contributed by atoms with Crippen molar-refractivity contribution in [1.82, 2.24) is 4.90 Å². The highest BCUT2D eigenvalue weighted by Gasteiger charge is 2.44. The summed E-state index contributed by atoms with van der Waals surface area (Å²) in [5.74, 6) is 5.70. The van der Waals surface area contributed by atoms with Gasteiger partial charge in [0.25, 0.3) is 0 Å². The van der Waals surface area contributed by atoms with Crippen LogP contribution in [-0.2, 0) is 16.1 Å². The molecule has 3 aliphatic heterocycles. The largest absolute Gasteiger partial charge is 0.466 e. The number of nitrogens with zero attached hydrogens (tertiary/aromatic N) is 1. The van der Waals surface area contributed by atoms with Crippen molar-refractivity contribution in [3.63, 3.8) is 0 Å². The Kier molecular flexibility index (Phi) is 7.10. The fourth-order valence-electron chi connectivity index (χ4n) is 3.89. The molecule has 0 spiro atoms. The zero-order valence-corrected chi connectivity index (χ0v) is 15.5. The van der Waals surface area contributed by atoms with Gasteiger partial charge in [-0.1, -0.05) is 24.0 Å². The number of aliphatic hydroxyl groups excluding tert-OH is 1. The van der Waals surface area contributed by atoms with Gasteiger partial charge in [-0.05, 0) is 57.0 Å². The summed E-state index contributed by atoms with van der Waals surface area (Å²) in [4.78, 5) is 14.2. The van der Waals surface area contributed by atoms with E-state index in [9.17, 15) is 15.0 Å². The van der Waals surface area contributed by atoms with Gasteiger partial charge in [0.2, 0.25) is 0 Å². The Balaban J connectivity index is 0.00000261. The fourth-order valence-corrected chi connectivity index (χ4v) is 3.89. The number of ether oxygens (including phenoxy) is 1. The molecule has 0 aliphatic carbocycles. The van der Waals surface area contributed by atoms with E-state index < -0.39 is 11.5 Å². The van der Waals surface area contributed by atoms with Crippen LogP contribution in [0.25, 0.3) is 0 Å². The predicted molar refractivity (Wildman–Crippen MR) is 108 cm³/mol. The molecule has 0 saturated carbocycles. The maximum atomic E-state index is 11.9. The van der Waals surface area contributed by atoms with Crippen LogP contribution >= 0.6 is 0 Å². The average molecular weight is 371 g/mol. The van der Waals surface area contributed by atoms with Crippen molar-refractivity contribution in [2.45, 2.75) is 44.8 Å². The van der Waals surface area contributed by atoms with Crippen LogP contribution in [-0.4, -0.2) is 61.3 Å². The lowest BCUT2D eigenvalue weighted by molar-refractivity contribution is -0.144. The third-order valence-electron chi connectivity index (χ3n) is 5.58. The molecule has 2 unspecified atom stereocenters. The van der Waals surface area contributed by atoms with Crippen molar-refractivity contribution in [2.24, 2.45) is 5.92 Å². The number of benzene rings is 1. The summed E-state index contributed by atoms with van der Waals surface area (Å²) < 4.78 is 5.06. The standard InChI is InChI=1S/C21H27NO4.BH3/c1-3-26-20(24)15(2)17-5-4-16(18(12-17)13-23)6-9-21(25)14-22-10-7-19(21)8-11-22;/h4-5,12,15,19,23,25H,3,7-8,10-11,13-14H2,1-2H3;1H3. The van der Waals surface area contributed by atoms with Gasteiger partial charge in [0, 0.05) is 18.0 Å². The first-order chi connectivity index (χ1) is 12.5. The van der Waals surface area contributed by atoms with Crippen LogP contribution in [0.3, 0.4) is 0 Å². The van der Waals surface area contributed by atoms with Crippen molar-refractivity contribution >= 4 is 14.4 Å². The van der Waals surface area contributed by atoms with E-state index in [1.807, 2.05) is 12.1 Å². The van der Waals surface area contributed by atoms with Crippen LogP contribution in [0.1, 0.15) is 49.3 Å². The van der Waals surface area contributed by atoms with Crippen LogP contribution in [0.2, 0.25) is 0 Å². The minimum absolute atomic E-state index is 0. The van der Waals surface area contributed by atoms with Crippen molar-refractivity contribution < 1.29 is 19.7 Å². The summed E-state index contributed by atoms with van der Waals surface area (Å²) in [6, 6.07) is 5.45. The van der Waals surface area contributed by atoms with Crippen molar-refractivity contribution in [3.05, 3.63) is 34.9 Å². The molecular formula is C21H30BNO4. The van der Waals surface area contributed by atoms with Gasteiger partial charge < -0.3 is 14.9 Å². The van der Waals surface area contributed by atoms with E-state index in [2.05, 4.69) is 16.7 Å². The second kappa shape index (κ2) is 8.92. The summed E-state index contributed by atoms with van der Waals surface area (Å²) in [7, 11) is 0. The van der Waals surface area contributed by atoms with E-state index in [-0.39, 0.29) is 26.9 Å². The molecule has 1 aromatic rings. The van der Waals surface area contributed by atoms with Gasteiger partial charge in [-0.25, -0.2) is 0 Å². The number of rotatable bonds is 4. The Morgan fingerprint density at radius 3 is 2.67 bits per heavy atom. The molecular weight excluding hydrogens is 341 g/mol. The summed E-state index contributed by atoms with van der Waals surface area (Å²) in [6.45, 7) is 6.42. The zero-order chi connectivity index (χ0) is 18.7. The molecule has 3 fully saturated rings. The average Bonchev–Trinajstić information content (AvgIpc) is 2.66. The number of piperidine rings is 3. The summed E-state index contributed by atoms with van der Waals surface area (Å²) in [5, 5.41) is 20.6. The first kappa shape index (κ1) is 21.5. The second-order valence-electron chi connectivity index (χ2n) is 7.27. The molecule has 5 nitrogen and oxygen atoms in total. The molecule has 2 N–H and O–H groups in total. The number of aliphatic hydroxyl groups is 2. The zero-order valence-electron chi connectivity index (χ0n) is 15.5. The van der Waals surface area contributed by atoms with Crippen LogP contribution in [0.15, 0.2) is 18.2 Å². The molecule has 27 heavy (non-hydrogen) atoms. The van der Waals surface area contributed by atoms with Gasteiger partial charge >= 0.3 is 5.97 Å². The maximum absolute atomic E-state index is 11.9. The normalized spacial score (nSPS) is 27.1. The highest BCUT2D eigenvalue weighted by molar-refractivity contribution is 5.77. The van der Waals surface area contributed by atoms with E-state index in [1.165, 1.54) is 0 Å². The van der Waals surface area contributed by atoms with Gasteiger partial charge in [0.1, 0.15) is 5.60 Å². The molecule has 2 bridgehead atoms. The fraction of sp³-hybridized carbons (Fsp3) is 0.571. The van der Waals surface area contributed by atoms with Crippen molar-refractivity contribution in [1.29, 1.82) is 0 Å². The van der Waals surface area contributed by atoms with E-state index in [4.69, 9.17) is 4.74 Å². The Morgan fingerprint density at radius 2 is 2.11 bits per heavy atom. The molecule has 3 saturated heterocycles. The van der Waals surface area contributed by atoms with Crippen molar-refractivity contribution in [3.8, 4) is 11.8 Å². The third-order valence-corrected chi connectivity index (χ3v) is 5.58. The number of fused-ring (bicyclic) bond motifs is 3.